The van der Waals surface area contributed by atoms with Crippen LogP contribution in [0.25, 0.3) is 6.08 Å². The predicted octanol–water partition coefficient (Wildman–Crippen LogP) is 4.27. The molecule has 0 bridgehead atoms. The van der Waals surface area contributed by atoms with E-state index >= 15 is 0 Å². The second kappa shape index (κ2) is 7.16. The highest BCUT2D eigenvalue weighted by molar-refractivity contribution is 6.03. The van der Waals surface area contributed by atoms with Gasteiger partial charge in [0.25, 0.3) is 0 Å². The fourth-order valence-electron chi connectivity index (χ4n) is 2.99. The largest absolute Gasteiger partial charge is 0.322 e. The van der Waals surface area contributed by atoms with Crippen LogP contribution < -0.4 is 10.2 Å². The second-order valence-corrected chi connectivity index (χ2v) is 7.53. The van der Waals surface area contributed by atoms with Gasteiger partial charge in [0.2, 0.25) is 11.8 Å². The molecule has 4 heteroatoms. The molecular formula is C22H24N2O2. The molecule has 0 saturated heterocycles. The molecule has 0 atom stereocenters. The molecule has 2 aromatic rings. The lowest BCUT2D eigenvalue weighted by Gasteiger charge is -2.26. The molecule has 0 saturated carbocycles. The maximum atomic E-state index is 12.6. The highest BCUT2D eigenvalue weighted by Crippen LogP contribution is 2.34. The Morgan fingerprint density at radius 1 is 1.08 bits per heavy atom. The highest BCUT2D eigenvalue weighted by Gasteiger charge is 2.32. The molecule has 1 heterocycles. The Kier molecular flexibility index (Phi) is 4.94. The van der Waals surface area contributed by atoms with Gasteiger partial charge in [0.05, 0.1) is 0 Å². The van der Waals surface area contributed by atoms with Crippen molar-refractivity contribution >= 4 is 29.3 Å². The Morgan fingerprint density at radius 3 is 2.50 bits per heavy atom. The number of carbonyl (C=O) groups is 2. The van der Waals surface area contributed by atoms with Crippen molar-refractivity contribution in [1.29, 1.82) is 0 Å². The number of hydrogen-bond donors (Lipinski definition) is 1. The van der Waals surface area contributed by atoms with Gasteiger partial charge in [-0.15, -0.1) is 0 Å². The summed E-state index contributed by atoms with van der Waals surface area (Å²) in [5.41, 5.74) is 3.27. The molecule has 0 spiro atoms. The molecule has 2 aromatic carbocycles. The molecule has 4 nitrogen and oxygen atoms in total. The van der Waals surface area contributed by atoms with E-state index in [4.69, 9.17) is 0 Å². The van der Waals surface area contributed by atoms with Gasteiger partial charge in [-0.1, -0.05) is 57.2 Å². The minimum Gasteiger partial charge on any atom is -0.322 e. The molecule has 0 aromatic heterocycles. The van der Waals surface area contributed by atoms with E-state index in [0.29, 0.717) is 12.2 Å². The lowest BCUT2D eigenvalue weighted by Crippen LogP contribution is -2.38. The van der Waals surface area contributed by atoms with Crippen molar-refractivity contribution in [2.75, 3.05) is 16.8 Å². The molecule has 1 aliphatic heterocycles. The van der Waals surface area contributed by atoms with E-state index < -0.39 is 5.41 Å². The number of benzene rings is 2. The number of amides is 2. The van der Waals surface area contributed by atoms with Crippen LogP contribution in [0.1, 0.15) is 31.9 Å². The van der Waals surface area contributed by atoms with Crippen molar-refractivity contribution < 1.29 is 9.59 Å². The molecule has 0 fully saturated rings. The van der Waals surface area contributed by atoms with Gasteiger partial charge in [0, 0.05) is 29.4 Å². The maximum absolute atomic E-state index is 12.6. The third-order valence-electron chi connectivity index (χ3n) is 4.36. The van der Waals surface area contributed by atoms with Gasteiger partial charge in [0.15, 0.2) is 0 Å². The SMILES string of the molecule is CC(C)(C)C(=O)N1CCc2ccc(NC(=O)/C=C/c3ccccc3)cc21. The quantitative estimate of drug-likeness (QED) is 0.842. The van der Waals surface area contributed by atoms with Crippen LogP contribution in [-0.4, -0.2) is 18.4 Å². The van der Waals surface area contributed by atoms with Crippen LogP contribution in [0, 0.1) is 5.41 Å². The predicted molar refractivity (Wildman–Crippen MR) is 106 cm³/mol. The Bertz CT molecular complexity index is 848. The standard InChI is InChI=1S/C22H24N2O2/c1-22(2,3)21(26)24-14-13-17-10-11-18(15-19(17)24)23-20(25)12-9-16-7-5-4-6-8-16/h4-12,15H,13-14H2,1-3H3,(H,23,25)/b12-9+. The molecule has 1 N–H and O–H groups in total. The van der Waals surface area contributed by atoms with Crippen LogP contribution in [-0.2, 0) is 16.0 Å². The van der Waals surface area contributed by atoms with E-state index in [0.717, 1.165) is 23.2 Å². The van der Waals surface area contributed by atoms with Gasteiger partial charge < -0.3 is 10.2 Å². The average molecular weight is 348 g/mol. The van der Waals surface area contributed by atoms with E-state index in [1.807, 2.05) is 74.2 Å². The summed E-state index contributed by atoms with van der Waals surface area (Å²) in [5, 5.41) is 2.88. The lowest BCUT2D eigenvalue weighted by molar-refractivity contribution is -0.125. The summed E-state index contributed by atoms with van der Waals surface area (Å²) in [6, 6.07) is 15.4. The zero-order valence-corrected chi connectivity index (χ0v) is 15.5. The summed E-state index contributed by atoms with van der Waals surface area (Å²) in [6.45, 7) is 6.46. The Balaban J connectivity index is 1.74. The van der Waals surface area contributed by atoms with Crippen LogP contribution in [0.3, 0.4) is 0 Å². The van der Waals surface area contributed by atoms with Crippen LogP contribution in [0.5, 0.6) is 0 Å². The summed E-state index contributed by atoms with van der Waals surface area (Å²) in [5.74, 6) is -0.0933. The highest BCUT2D eigenvalue weighted by atomic mass is 16.2. The molecule has 1 aliphatic rings. The third-order valence-corrected chi connectivity index (χ3v) is 4.36. The first kappa shape index (κ1) is 17.9. The topological polar surface area (TPSA) is 49.4 Å². The van der Waals surface area contributed by atoms with Crippen molar-refractivity contribution in [3.8, 4) is 0 Å². The fraction of sp³-hybridized carbons (Fsp3) is 0.273. The molecule has 134 valence electrons. The van der Waals surface area contributed by atoms with Gasteiger partial charge in [-0.2, -0.15) is 0 Å². The summed E-state index contributed by atoms with van der Waals surface area (Å²) in [4.78, 5) is 26.7. The molecule has 2 amide bonds. The van der Waals surface area contributed by atoms with E-state index in [1.54, 1.807) is 6.08 Å². The minimum atomic E-state index is -0.431. The van der Waals surface area contributed by atoms with Crippen molar-refractivity contribution in [3.05, 3.63) is 65.7 Å². The maximum Gasteiger partial charge on any atom is 0.248 e. The molecule has 0 radical (unpaired) electrons. The number of nitrogens with one attached hydrogen (secondary N) is 1. The monoisotopic (exact) mass is 348 g/mol. The number of nitrogens with zero attached hydrogens (tertiary/aromatic N) is 1. The normalized spacial score (nSPS) is 13.7. The Hall–Kier alpha value is -2.88. The number of carbonyl (C=O) groups excluding carboxylic acids is 2. The van der Waals surface area contributed by atoms with Gasteiger partial charge in [-0.3, -0.25) is 9.59 Å². The van der Waals surface area contributed by atoms with Crippen molar-refractivity contribution in [1.82, 2.24) is 0 Å². The summed E-state index contributed by atoms with van der Waals surface area (Å²) in [6.07, 6.45) is 4.14. The number of rotatable bonds is 3. The number of anilines is 2. The van der Waals surface area contributed by atoms with Crippen LogP contribution >= 0.6 is 0 Å². The summed E-state index contributed by atoms with van der Waals surface area (Å²) >= 11 is 0. The smallest absolute Gasteiger partial charge is 0.248 e. The van der Waals surface area contributed by atoms with E-state index in [-0.39, 0.29) is 11.8 Å². The molecular weight excluding hydrogens is 324 g/mol. The van der Waals surface area contributed by atoms with Crippen LogP contribution in [0.4, 0.5) is 11.4 Å². The molecule has 0 aliphatic carbocycles. The third kappa shape index (κ3) is 4.02. The van der Waals surface area contributed by atoms with Gasteiger partial charge in [-0.05, 0) is 35.8 Å². The van der Waals surface area contributed by atoms with Crippen molar-refractivity contribution in [2.45, 2.75) is 27.2 Å². The zero-order valence-electron chi connectivity index (χ0n) is 15.5. The van der Waals surface area contributed by atoms with Crippen molar-refractivity contribution in [2.24, 2.45) is 5.41 Å². The first-order valence-electron chi connectivity index (χ1n) is 8.83. The minimum absolute atomic E-state index is 0.101. The Morgan fingerprint density at radius 2 is 1.81 bits per heavy atom. The molecule has 26 heavy (non-hydrogen) atoms. The summed E-state index contributed by atoms with van der Waals surface area (Å²) < 4.78 is 0. The average Bonchev–Trinajstić information content (AvgIpc) is 3.02. The first-order valence-corrected chi connectivity index (χ1v) is 8.83. The summed E-state index contributed by atoms with van der Waals surface area (Å²) in [7, 11) is 0. The van der Waals surface area contributed by atoms with E-state index in [2.05, 4.69) is 5.32 Å². The molecule has 3 rings (SSSR count). The van der Waals surface area contributed by atoms with Gasteiger partial charge in [-0.25, -0.2) is 0 Å². The van der Waals surface area contributed by atoms with E-state index in [9.17, 15) is 9.59 Å². The van der Waals surface area contributed by atoms with Crippen molar-refractivity contribution in [3.63, 3.8) is 0 Å². The Labute approximate surface area is 154 Å². The van der Waals surface area contributed by atoms with Crippen LogP contribution in [0.15, 0.2) is 54.6 Å². The fourth-order valence-corrected chi connectivity index (χ4v) is 2.99. The van der Waals surface area contributed by atoms with Gasteiger partial charge in [0.1, 0.15) is 0 Å². The zero-order chi connectivity index (χ0) is 18.7. The van der Waals surface area contributed by atoms with Crippen LogP contribution in [0.2, 0.25) is 0 Å². The second-order valence-electron chi connectivity index (χ2n) is 7.53. The molecule has 0 unspecified atom stereocenters. The number of fused-ring (bicyclic) bond motifs is 1. The lowest BCUT2D eigenvalue weighted by atomic mass is 9.94. The number of hydrogen-bond acceptors (Lipinski definition) is 2. The van der Waals surface area contributed by atoms with Gasteiger partial charge >= 0.3 is 0 Å². The first-order chi connectivity index (χ1) is 12.3. The van der Waals surface area contributed by atoms with E-state index in [1.165, 1.54) is 6.08 Å².